The van der Waals surface area contributed by atoms with Crippen molar-refractivity contribution in [1.29, 1.82) is 0 Å². The summed E-state index contributed by atoms with van der Waals surface area (Å²) in [5.41, 5.74) is 1.29. The lowest BCUT2D eigenvalue weighted by Crippen LogP contribution is -2.39. The van der Waals surface area contributed by atoms with Crippen molar-refractivity contribution >= 4 is 27.6 Å². The number of hydrogen-bond donors (Lipinski definition) is 1. The number of halogens is 2. The Labute approximate surface area is 197 Å². The molecule has 10 heteroatoms. The van der Waals surface area contributed by atoms with Gasteiger partial charge in [-0.15, -0.1) is 0 Å². The normalized spacial score (nSPS) is 16.3. The molecule has 0 aliphatic carbocycles. The first-order valence-corrected chi connectivity index (χ1v) is 12.4. The summed E-state index contributed by atoms with van der Waals surface area (Å²) in [7, 11) is -3.99. The Morgan fingerprint density at radius 3 is 2.42 bits per heavy atom. The van der Waals surface area contributed by atoms with Gasteiger partial charge in [-0.2, -0.15) is 0 Å². The van der Waals surface area contributed by atoms with Gasteiger partial charge >= 0.3 is 0 Å². The second kappa shape index (κ2) is 10.0. The van der Waals surface area contributed by atoms with Gasteiger partial charge in [-0.1, -0.05) is 41.9 Å². The molecule has 2 aromatic carbocycles. The minimum Gasteiger partial charge on any atom is -0.489 e. The second-order valence-corrected chi connectivity index (χ2v) is 9.95. The van der Waals surface area contributed by atoms with E-state index in [-0.39, 0.29) is 22.0 Å². The summed E-state index contributed by atoms with van der Waals surface area (Å²) in [5.74, 6) is -0.463. The summed E-state index contributed by atoms with van der Waals surface area (Å²) >= 11 is 6.33. The molecule has 0 radical (unpaired) electrons. The fraction of sp³-hybridized carbons (Fsp3) is 0.304. The average Bonchev–Trinajstić information content (AvgIpc) is 2.82. The summed E-state index contributed by atoms with van der Waals surface area (Å²) in [6.07, 6.45) is 3.44. The molecule has 33 heavy (non-hydrogen) atoms. The number of nitrogens with zero attached hydrogens (tertiary/aromatic N) is 3. The maximum atomic E-state index is 12.9. The van der Waals surface area contributed by atoms with E-state index < -0.39 is 15.8 Å². The number of anilines is 1. The number of aromatic nitrogens is 2. The Morgan fingerprint density at radius 2 is 1.79 bits per heavy atom. The number of ether oxygens (including phenoxy) is 1. The standard InChI is InChI=1S/C23H24ClFN4O3S/c1-16(17-5-3-2-4-6-17)29-11-9-19(10-12-29)32-22-8-7-20(13-21(22)24)33(30,31)28-23-26-14-18(25)15-27-23/h2-8,13-16,19H,9-12H2,1H3,(H,26,27,28). The third-order valence-corrected chi connectivity index (χ3v) is 7.28. The first kappa shape index (κ1) is 23.4. The predicted molar refractivity (Wildman–Crippen MR) is 124 cm³/mol. The molecular weight excluding hydrogens is 467 g/mol. The number of nitrogens with one attached hydrogen (secondary N) is 1. The van der Waals surface area contributed by atoms with Crippen LogP contribution in [-0.2, 0) is 10.0 Å². The average molecular weight is 491 g/mol. The van der Waals surface area contributed by atoms with E-state index >= 15 is 0 Å². The molecule has 2 heterocycles. The fourth-order valence-corrected chi connectivity index (χ4v) is 5.06. The Balaban J connectivity index is 1.36. The third-order valence-electron chi connectivity index (χ3n) is 5.66. The first-order chi connectivity index (χ1) is 15.8. The van der Waals surface area contributed by atoms with Crippen molar-refractivity contribution in [3.8, 4) is 5.75 Å². The number of piperidine rings is 1. The van der Waals surface area contributed by atoms with E-state index in [2.05, 4.69) is 50.8 Å². The topological polar surface area (TPSA) is 84.4 Å². The van der Waals surface area contributed by atoms with Crippen LogP contribution in [0.5, 0.6) is 5.75 Å². The molecule has 0 bridgehead atoms. The number of benzene rings is 2. The summed E-state index contributed by atoms with van der Waals surface area (Å²) in [5, 5.41) is 0.193. The van der Waals surface area contributed by atoms with Crippen LogP contribution < -0.4 is 9.46 Å². The van der Waals surface area contributed by atoms with Gasteiger partial charge in [0.05, 0.1) is 22.3 Å². The number of rotatable bonds is 7. The lowest BCUT2D eigenvalue weighted by atomic mass is 10.0. The van der Waals surface area contributed by atoms with Crippen LogP contribution in [0.1, 0.15) is 31.4 Å². The van der Waals surface area contributed by atoms with E-state index in [0.717, 1.165) is 38.3 Å². The van der Waals surface area contributed by atoms with Crippen molar-refractivity contribution in [1.82, 2.24) is 14.9 Å². The van der Waals surface area contributed by atoms with E-state index in [1.165, 1.54) is 17.7 Å². The van der Waals surface area contributed by atoms with Gasteiger partial charge in [-0.05, 0) is 43.5 Å². The van der Waals surface area contributed by atoms with Gasteiger partial charge in [0, 0.05) is 19.1 Å². The largest absolute Gasteiger partial charge is 0.489 e. The summed E-state index contributed by atoms with van der Waals surface area (Å²) in [6.45, 7) is 4.00. The number of sulfonamides is 1. The summed E-state index contributed by atoms with van der Waals surface area (Å²) in [4.78, 5) is 9.57. The first-order valence-electron chi connectivity index (χ1n) is 10.6. The van der Waals surface area contributed by atoms with Crippen LogP contribution in [0.2, 0.25) is 5.02 Å². The third kappa shape index (κ3) is 5.79. The fourth-order valence-electron chi connectivity index (χ4n) is 3.79. The molecule has 1 saturated heterocycles. The van der Waals surface area contributed by atoms with Crippen LogP contribution in [0, 0.1) is 5.82 Å². The maximum absolute atomic E-state index is 12.9. The highest BCUT2D eigenvalue weighted by Crippen LogP contribution is 2.31. The van der Waals surface area contributed by atoms with Gasteiger partial charge in [0.25, 0.3) is 10.0 Å². The molecule has 1 aliphatic heterocycles. The predicted octanol–water partition coefficient (Wildman–Crippen LogP) is 4.67. The van der Waals surface area contributed by atoms with Crippen molar-refractivity contribution in [2.24, 2.45) is 0 Å². The molecule has 1 aliphatic rings. The number of hydrogen-bond acceptors (Lipinski definition) is 6. The zero-order valence-electron chi connectivity index (χ0n) is 18.0. The molecule has 0 amide bonds. The molecule has 1 atom stereocenters. The van der Waals surface area contributed by atoms with E-state index in [9.17, 15) is 12.8 Å². The van der Waals surface area contributed by atoms with Crippen molar-refractivity contribution in [3.05, 3.63) is 77.3 Å². The Kier molecular flexibility index (Phi) is 7.11. The Hall–Kier alpha value is -2.75. The van der Waals surface area contributed by atoms with Crippen LogP contribution in [0.25, 0.3) is 0 Å². The van der Waals surface area contributed by atoms with Crippen LogP contribution in [0.4, 0.5) is 10.3 Å². The molecule has 0 saturated carbocycles. The van der Waals surface area contributed by atoms with Crippen molar-refractivity contribution < 1.29 is 17.5 Å². The van der Waals surface area contributed by atoms with E-state index in [1.807, 2.05) is 6.07 Å². The van der Waals surface area contributed by atoms with Gasteiger partial charge < -0.3 is 4.74 Å². The van der Waals surface area contributed by atoms with Crippen LogP contribution in [0.3, 0.4) is 0 Å². The molecule has 1 unspecified atom stereocenters. The van der Waals surface area contributed by atoms with Crippen molar-refractivity contribution in [2.75, 3.05) is 17.8 Å². The number of likely N-dealkylation sites (tertiary alicyclic amines) is 1. The molecule has 174 valence electrons. The minimum absolute atomic E-state index is 0.00470. The molecular formula is C23H24ClFN4O3S. The van der Waals surface area contributed by atoms with Gasteiger partial charge in [0.15, 0.2) is 5.82 Å². The lowest BCUT2D eigenvalue weighted by Gasteiger charge is -2.36. The highest BCUT2D eigenvalue weighted by molar-refractivity contribution is 7.92. The van der Waals surface area contributed by atoms with Gasteiger partial charge in [-0.3, -0.25) is 4.90 Å². The summed E-state index contributed by atoms with van der Waals surface area (Å²) in [6, 6.07) is 15.0. The maximum Gasteiger partial charge on any atom is 0.264 e. The zero-order chi connectivity index (χ0) is 23.4. The molecule has 4 rings (SSSR count). The smallest absolute Gasteiger partial charge is 0.264 e. The highest BCUT2D eigenvalue weighted by atomic mass is 35.5. The Morgan fingerprint density at radius 1 is 1.12 bits per heavy atom. The molecule has 1 N–H and O–H groups in total. The zero-order valence-corrected chi connectivity index (χ0v) is 19.6. The van der Waals surface area contributed by atoms with Crippen LogP contribution in [0.15, 0.2) is 65.8 Å². The molecule has 0 spiro atoms. The lowest BCUT2D eigenvalue weighted by molar-refractivity contribution is 0.0797. The monoisotopic (exact) mass is 490 g/mol. The molecule has 3 aromatic rings. The molecule has 1 aromatic heterocycles. The quantitative estimate of drug-likeness (QED) is 0.518. The highest BCUT2D eigenvalue weighted by Gasteiger charge is 2.25. The minimum atomic E-state index is -3.99. The van der Waals surface area contributed by atoms with E-state index in [0.29, 0.717) is 11.8 Å². The van der Waals surface area contributed by atoms with E-state index in [4.69, 9.17) is 16.3 Å². The Bertz CT molecular complexity index is 1190. The van der Waals surface area contributed by atoms with Crippen LogP contribution in [-0.4, -0.2) is 42.5 Å². The van der Waals surface area contributed by atoms with Gasteiger partial charge in [0.2, 0.25) is 5.95 Å². The van der Waals surface area contributed by atoms with Crippen LogP contribution >= 0.6 is 11.6 Å². The SMILES string of the molecule is CC(c1ccccc1)N1CCC(Oc2ccc(S(=O)(=O)Nc3ncc(F)cn3)cc2Cl)CC1. The van der Waals surface area contributed by atoms with Crippen molar-refractivity contribution in [2.45, 2.75) is 36.8 Å². The van der Waals surface area contributed by atoms with Gasteiger partial charge in [0.1, 0.15) is 11.9 Å². The summed E-state index contributed by atoms with van der Waals surface area (Å²) < 4.78 is 46.3. The van der Waals surface area contributed by atoms with Gasteiger partial charge in [-0.25, -0.2) is 27.5 Å². The van der Waals surface area contributed by atoms with Crippen molar-refractivity contribution in [3.63, 3.8) is 0 Å². The second-order valence-electron chi connectivity index (χ2n) is 7.86. The molecule has 7 nitrogen and oxygen atoms in total. The molecule has 1 fully saturated rings. The van der Waals surface area contributed by atoms with E-state index in [1.54, 1.807) is 6.07 Å².